The minimum atomic E-state index is -0.221. The molecule has 2 heterocycles. The number of aryl methyl sites for hydroxylation is 2. The van der Waals surface area contributed by atoms with Gasteiger partial charge < -0.3 is 10.6 Å². The van der Waals surface area contributed by atoms with Crippen LogP contribution < -0.4 is 5.73 Å². The summed E-state index contributed by atoms with van der Waals surface area (Å²) in [6.07, 6.45) is 0. The first kappa shape index (κ1) is 11.1. The normalized spacial score (nSPS) is 18.1. The van der Waals surface area contributed by atoms with Gasteiger partial charge in [-0.1, -0.05) is 0 Å². The molecule has 86 valence electrons. The Balaban J connectivity index is 2.16. The molecule has 4 nitrogen and oxygen atoms in total. The lowest BCUT2D eigenvalue weighted by Crippen LogP contribution is -2.66. The van der Waals surface area contributed by atoms with Crippen molar-refractivity contribution in [1.82, 2.24) is 9.88 Å². The van der Waals surface area contributed by atoms with E-state index >= 15 is 0 Å². The summed E-state index contributed by atoms with van der Waals surface area (Å²) in [7, 11) is 0. The van der Waals surface area contributed by atoms with Crippen LogP contribution in [0.25, 0.3) is 0 Å². The third kappa shape index (κ3) is 1.93. The predicted molar refractivity (Wildman–Crippen MR) is 62.2 cm³/mol. The summed E-state index contributed by atoms with van der Waals surface area (Å²) in [5, 5.41) is 0. The highest BCUT2D eigenvalue weighted by Gasteiger charge is 2.38. The van der Waals surface area contributed by atoms with Crippen LogP contribution in [0.3, 0.4) is 0 Å². The third-order valence-electron chi connectivity index (χ3n) is 2.85. The van der Waals surface area contributed by atoms with Gasteiger partial charge in [0.1, 0.15) is 0 Å². The first-order chi connectivity index (χ1) is 7.39. The van der Waals surface area contributed by atoms with Gasteiger partial charge in [-0.2, -0.15) is 0 Å². The maximum Gasteiger partial charge on any atom is 0.255 e. The molecule has 0 saturated carbocycles. The summed E-state index contributed by atoms with van der Waals surface area (Å²) in [5.74, 6) is 0.0351. The highest BCUT2D eigenvalue weighted by atomic mass is 16.2. The number of rotatable bonds is 1. The zero-order valence-electron chi connectivity index (χ0n) is 9.95. The van der Waals surface area contributed by atoms with E-state index in [1.165, 1.54) is 0 Å². The molecule has 0 radical (unpaired) electrons. The lowest BCUT2D eigenvalue weighted by atomic mass is 9.93. The van der Waals surface area contributed by atoms with Gasteiger partial charge >= 0.3 is 0 Å². The SMILES string of the molecule is Cc1ccc(C(=O)N2CC(C)(N)C2)c(C)n1. The molecule has 0 aromatic carbocycles. The molecule has 16 heavy (non-hydrogen) atoms. The Morgan fingerprint density at radius 2 is 2.06 bits per heavy atom. The third-order valence-corrected chi connectivity index (χ3v) is 2.85. The topological polar surface area (TPSA) is 59.2 Å². The molecule has 2 N–H and O–H groups in total. The molecule has 1 fully saturated rings. The van der Waals surface area contributed by atoms with Crippen LogP contribution in [0, 0.1) is 13.8 Å². The van der Waals surface area contributed by atoms with Crippen molar-refractivity contribution in [2.45, 2.75) is 26.3 Å². The van der Waals surface area contributed by atoms with Crippen LogP contribution in [-0.2, 0) is 0 Å². The molecule has 2 rings (SSSR count). The van der Waals surface area contributed by atoms with Crippen molar-refractivity contribution in [1.29, 1.82) is 0 Å². The van der Waals surface area contributed by atoms with Gasteiger partial charge in [0.2, 0.25) is 0 Å². The van der Waals surface area contributed by atoms with Crippen LogP contribution >= 0.6 is 0 Å². The van der Waals surface area contributed by atoms with Crippen molar-refractivity contribution in [3.63, 3.8) is 0 Å². The number of hydrogen-bond acceptors (Lipinski definition) is 3. The second-order valence-corrected chi connectivity index (χ2v) is 4.90. The number of hydrogen-bond donors (Lipinski definition) is 1. The van der Waals surface area contributed by atoms with Crippen LogP contribution in [0.4, 0.5) is 0 Å². The Labute approximate surface area is 95.5 Å². The largest absolute Gasteiger partial charge is 0.335 e. The minimum absolute atomic E-state index is 0.0351. The van der Waals surface area contributed by atoms with E-state index in [1.54, 1.807) is 4.90 Å². The van der Waals surface area contributed by atoms with Crippen LogP contribution in [-0.4, -0.2) is 34.4 Å². The lowest BCUT2D eigenvalue weighted by Gasteiger charge is -2.45. The van der Waals surface area contributed by atoms with E-state index in [1.807, 2.05) is 32.9 Å². The van der Waals surface area contributed by atoms with Crippen molar-refractivity contribution >= 4 is 5.91 Å². The van der Waals surface area contributed by atoms with Gasteiger partial charge in [0, 0.05) is 24.3 Å². The summed E-state index contributed by atoms with van der Waals surface area (Å²) in [4.78, 5) is 18.1. The number of likely N-dealkylation sites (tertiary alicyclic amines) is 1. The number of nitrogens with zero attached hydrogens (tertiary/aromatic N) is 2. The number of aromatic nitrogens is 1. The molecule has 0 atom stereocenters. The molecule has 0 unspecified atom stereocenters. The van der Waals surface area contributed by atoms with Crippen molar-refractivity contribution in [3.05, 3.63) is 29.1 Å². The number of nitrogens with two attached hydrogens (primary N) is 1. The predicted octanol–water partition coefficient (Wildman–Crippen LogP) is 0.872. The summed E-state index contributed by atoms with van der Waals surface area (Å²) in [6, 6.07) is 3.70. The van der Waals surface area contributed by atoms with E-state index in [-0.39, 0.29) is 11.4 Å². The number of carbonyl (C=O) groups is 1. The summed E-state index contributed by atoms with van der Waals surface area (Å²) in [6.45, 7) is 6.98. The number of carbonyl (C=O) groups excluding carboxylic acids is 1. The van der Waals surface area contributed by atoms with E-state index in [2.05, 4.69) is 4.98 Å². The van der Waals surface area contributed by atoms with E-state index in [0.29, 0.717) is 18.7 Å². The summed E-state index contributed by atoms with van der Waals surface area (Å²) >= 11 is 0. The molecule has 0 bridgehead atoms. The molecule has 0 spiro atoms. The number of pyridine rings is 1. The monoisotopic (exact) mass is 219 g/mol. The second-order valence-electron chi connectivity index (χ2n) is 4.90. The van der Waals surface area contributed by atoms with Crippen LogP contribution in [0.15, 0.2) is 12.1 Å². The summed E-state index contributed by atoms with van der Waals surface area (Å²) < 4.78 is 0. The van der Waals surface area contributed by atoms with Crippen LogP contribution in [0.2, 0.25) is 0 Å². The van der Waals surface area contributed by atoms with Crippen molar-refractivity contribution < 1.29 is 4.79 Å². The first-order valence-electron chi connectivity index (χ1n) is 5.41. The Kier molecular flexibility index (Phi) is 2.46. The quantitative estimate of drug-likeness (QED) is 0.762. The molecular formula is C12H17N3O. The smallest absolute Gasteiger partial charge is 0.255 e. The molecular weight excluding hydrogens is 202 g/mol. The maximum absolute atomic E-state index is 12.1. The Hall–Kier alpha value is -1.42. The first-order valence-corrected chi connectivity index (χ1v) is 5.41. The highest BCUT2D eigenvalue weighted by Crippen LogP contribution is 2.21. The minimum Gasteiger partial charge on any atom is -0.335 e. The fourth-order valence-electron chi connectivity index (χ4n) is 2.05. The van der Waals surface area contributed by atoms with E-state index in [9.17, 15) is 4.79 Å². The Bertz CT molecular complexity index is 432. The average Bonchev–Trinajstić information content (AvgIpc) is 2.13. The van der Waals surface area contributed by atoms with E-state index in [0.717, 1.165) is 11.4 Å². The standard InChI is InChI=1S/C12H17N3O/c1-8-4-5-10(9(2)14-8)11(16)15-6-12(3,13)7-15/h4-5H,6-7,13H2,1-3H3. The number of amides is 1. The molecule has 0 aliphatic carbocycles. The zero-order valence-corrected chi connectivity index (χ0v) is 9.95. The van der Waals surface area contributed by atoms with Gasteiger partial charge in [-0.05, 0) is 32.9 Å². The molecule has 1 aliphatic heterocycles. The fourth-order valence-corrected chi connectivity index (χ4v) is 2.05. The van der Waals surface area contributed by atoms with Gasteiger partial charge in [0.15, 0.2) is 0 Å². The van der Waals surface area contributed by atoms with Gasteiger partial charge in [0.25, 0.3) is 5.91 Å². The van der Waals surface area contributed by atoms with Crippen LogP contribution in [0.1, 0.15) is 28.7 Å². The maximum atomic E-state index is 12.1. The summed E-state index contributed by atoms with van der Waals surface area (Å²) in [5.41, 5.74) is 8.06. The Morgan fingerprint density at radius 1 is 1.44 bits per heavy atom. The van der Waals surface area contributed by atoms with Gasteiger partial charge in [-0.25, -0.2) is 0 Å². The van der Waals surface area contributed by atoms with Crippen molar-refractivity contribution in [3.8, 4) is 0 Å². The fraction of sp³-hybridized carbons (Fsp3) is 0.500. The van der Waals surface area contributed by atoms with Crippen molar-refractivity contribution in [2.24, 2.45) is 5.73 Å². The van der Waals surface area contributed by atoms with E-state index in [4.69, 9.17) is 5.73 Å². The Morgan fingerprint density at radius 3 is 2.56 bits per heavy atom. The van der Waals surface area contributed by atoms with Crippen LogP contribution in [0.5, 0.6) is 0 Å². The molecule has 4 heteroatoms. The molecule has 1 saturated heterocycles. The zero-order chi connectivity index (χ0) is 11.9. The molecule has 1 amide bonds. The lowest BCUT2D eigenvalue weighted by molar-refractivity contribution is 0.0452. The van der Waals surface area contributed by atoms with Gasteiger partial charge in [-0.15, -0.1) is 0 Å². The highest BCUT2D eigenvalue weighted by molar-refractivity contribution is 5.95. The van der Waals surface area contributed by atoms with Crippen molar-refractivity contribution in [2.75, 3.05) is 13.1 Å². The van der Waals surface area contributed by atoms with E-state index < -0.39 is 0 Å². The molecule has 1 aromatic heterocycles. The molecule has 1 aliphatic rings. The molecule has 1 aromatic rings. The average molecular weight is 219 g/mol. The van der Waals surface area contributed by atoms with Gasteiger partial charge in [0.05, 0.1) is 11.3 Å². The second kappa shape index (κ2) is 3.56. The van der Waals surface area contributed by atoms with Gasteiger partial charge in [-0.3, -0.25) is 9.78 Å².